The molecule has 2 rings (SSSR count). The molecule has 1 N–H and O–H groups in total. The van der Waals surface area contributed by atoms with Gasteiger partial charge in [-0.1, -0.05) is 50.6 Å². The molecule has 1 fully saturated rings. The van der Waals surface area contributed by atoms with Gasteiger partial charge in [0.1, 0.15) is 5.02 Å². The Bertz CT molecular complexity index is 508. The van der Waals surface area contributed by atoms with Gasteiger partial charge in [-0.05, 0) is 18.8 Å². The number of halogens is 1. The Morgan fingerprint density at radius 3 is 2.65 bits per heavy atom. The van der Waals surface area contributed by atoms with E-state index in [9.17, 15) is 4.79 Å². The van der Waals surface area contributed by atoms with Gasteiger partial charge in [0.15, 0.2) is 0 Å². The van der Waals surface area contributed by atoms with Crippen LogP contribution in [0.5, 0.6) is 0 Å². The Morgan fingerprint density at radius 1 is 1.35 bits per heavy atom. The predicted octanol–water partition coefficient (Wildman–Crippen LogP) is 3.45. The van der Waals surface area contributed by atoms with Crippen LogP contribution in [0.2, 0.25) is 5.02 Å². The second-order valence-corrected chi connectivity index (χ2v) is 6.37. The molecule has 0 bridgehead atoms. The van der Waals surface area contributed by atoms with Crippen LogP contribution in [0, 0.1) is 11.8 Å². The van der Waals surface area contributed by atoms with Crippen molar-refractivity contribution in [2.45, 2.75) is 52.0 Å². The van der Waals surface area contributed by atoms with Crippen molar-refractivity contribution in [3.63, 3.8) is 0 Å². The molecule has 1 heterocycles. The Labute approximate surface area is 125 Å². The Morgan fingerprint density at radius 2 is 2.00 bits per heavy atom. The third kappa shape index (κ3) is 3.35. The molecule has 0 spiro atoms. The molecule has 0 aromatic carbocycles. The zero-order valence-electron chi connectivity index (χ0n) is 12.5. The number of anilines is 1. The van der Waals surface area contributed by atoms with E-state index in [2.05, 4.69) is 24.3 Å². The van der Waals surface area contributed by atoms with Crippen molar-refractivity contribution in [2.75, 3.05) is 5.32 Å². The van der Waals surface area contributed by atoms with Crippen LogP contribution in [0.3, 0.4) is 0 Å². The molecular weight excluding hydrogens is 274 g/mol. The van der Waals surface area contributed by atoms with Crippen molar-refractivity contribution in [3.8, 4) is 0 Å². The summed E-state index contributed by atoms with van der Waals surface area (Å²) < 4.78 is 1.25. The van der Waals surface area contributed by atoms with Gasteiger partial charge >= 0.3 is 0 Å². The van der Waals surface area contributed by atoms with Gasteiger partial charge in [-0.15, -0.1) is 0 Å². The topological polar surface area (TPSA) is 46.9 Å². The maximum absolute atomic E-state index is 11.8. The standard InChI is InChI=1S/C15H24ClN3O/c1-10(12-7-5-4-6-8-12)11(2)18-13-9-17-19(3)15(20)14(13)16/h9-12,18H,4-8H2,1-3H3. The van der Waals surface area contributed by atoms with E-state index >= 15 is 0 Å². The van der Waals surface area contributed by atoms with Crippen LogP contribution in [-0.2, 0) is 7.05 Å². The van der Waals surface area contributed by atoms with Crippen LogP contribution in [0.4, 0.5) is 5.69 Å². The Hall–Kier alpha value is -1.03. The van der Waals surface area contributed by atoms with Gasteiger partial charge in [-0.3, -0.25) is 4.79 Å². The van der Waals surface area contributed by atoms with Gasteiger partial charge in [0, 0.05) is 13.1 Å². The van der Waals surface area contributed by atoms with Crippen LogP contribution in [0.1, 0.15) is 46.0 Å². The molecule has 1 aliphatic rings. The number of rotatable bonds is 4. The SMILES string of the molecule is CC(Nc1cnn(C)c(=O)c1Cl)C(C)C1CCCCC1. The van der Waals surface area contributed by atoms with Crippen molar-refractivity contribution in [1.29, 1.82) is 0 Å². The molecule has 1 aliphatic carbocycles. The lowest BCUT2D eigenvalue weighted by atomic mass is 9.78. The summed E-state index contributed by atoms with van der Waals surface area (Å²) in [5.41, 5.74) is 0.388. The fourth-order valence-corrected chi connectivity index (χ4v) is 3.28. The molecule has 0 aliphatic heterocycles. The van der Waals surface area contributed by atoms with E-state index in [1.54, 1.807) is 13.2 Å². The normalized spacial score (nSPS) is 19.6. The first kappa shape index (κ1) is 15.4. The average Bonchev–Trinajstić information content (AvgIpc) is 2.48. The van der Waals surface area contributed by atoms with Crippen molar-refractivity contribution in [3.05, 3.63) is 21.6 Å². The number of nitrogens with one attached hydrogen (secondary N) is 1. The van der Waals surface area contributed by atoms with Crippen molar-refractivity contribution in [1.82, 2.24) is 9.78 Å². The number of aryl methyl sites for hydroxylation is 1. The second kappa shape index (κ2) is 6.61. The van der Waals surface area contributed by atoms with Crippen molar-refractivity contribution >= 4 is 17.3 Å². The third-order valence-corrected chi connectivity index (χ3v) is 5.01. The van der Waals surface area contributed by atoms with E-state index in [0.29, 0.717) is 11.6 Å². The molecular formula is C15H24ClN3O. The molecule has 5 heteroatoms. The number of nitrogens with zero attached hydrogens (tertiary/aromatic N) is 2. The highest BCUT2D eigenvalue weighted by atomic mass is 35.5. The zero-order valence-corrected chi connectivity index (χ0v) is 13.3. The highest BCUT2D eigenvalue weighted by Gasteiger charge is 2.25. The van der Waals surface area contributed by atoms with Gasteiger partial charge < -0.3 is 5.32 Å². The summed E-state index contributed by atoms with van der Waals surface area (Å²) in [6.07, 6.45) is 8.32. The van der Waals surface area contributed by atoms with Gasteiger partial charge in [0.25, 0.3) is 5.56 Å². The van der Waals surface area contributed by atoms with Crippen LogP contribution in [-0.4, -0.2) is 15.8 Å². The maximum atomic E-state index is 11.8. The molecule has 1 aromatic rings. The average molecular weight is 298 g/mol. The third-order valence-electron chi connectivity index (χ3n) is 4.64. The summed E-state index contributed by atoms with van der Waals surface area (Å²) in [5.74, 6) is 1.33. The van der Waals surface area contributed by atoms with E-state index in [4.69, 9.17) is 11.6 Å². The minimum absolute atomic E-state index is 0.227. The van der Waals surface area contributed by atoms with E-state index < -0.39 is 0 Å². The minimum atomic E-state index is -0.255. The number of hydrogen-bond donors (Lipinski definition) is 1. The summed E-state index contributed by atoms with van der Waals surface area (Å²) in [5, 5.41) is 7.62. The molecule has 1 aromatic heterocycles. The highest BCUT2D eigenvalue weighted by Crippen LogP contribution is 2.32. The smallest absolute Gasteiger partial charge is 0.287 e. The van der Waals surface area contributed by atoms with Gasteiger partial charge in [0.05, 0.1) is 11.9 Å². The summed E-state index contributed by atoms with van der Waals surface area (Å²) in [4.78, 5) is 11.8. The van der Waals surface area contributed by atoms with E-state index in [0.717, 1.165) is 5.92 Å². The van der Waals surface area contributed by atoms with E-state index in [1.807, 2.05) is 0 Å². The molecule has 4 nitrogen and oxygen atoms in total. The Kier molecular flexibility index (Phi) is 5.08. The van der Waals surface area contributed by atoms with Crippen LogP contribution < -0.4 is 10.9 Å². The molecule has 20 heavy (non-hydrogen) atoms. The summed E-state index contributed by atoms with van der Waals surface area (Å²) >= 11 is 6.10. The molecule has 2 atom stereocenters. The summed E-state index contributed by atoms with van der Waals surface area (Å²) in [6.45, 7) is 4.45. The largest absolute Gasteiger partial charge is 0.380 e. The summed E-state index contributed by atoms with van der Waals surface area (Å²) in [7, 11) is 1.60. The first-order valence-corrected chi connectivity index (χ1v) is 7.87. The summed E-state index contributed by atoms with van der Waals surface area (Å²) in [6, 6.07) is 0.282. The molecule has 0 saturated heterocycles. The molecule has 0 amide bonds. The van der Waals surface area contributed by atoms with E-state index in [1.165, 1.54) is 36.8 Å². The van der Waals surface area contributed by atoms with Crippen LogP contribution >= 0.6 is 11.6 Å². The molecule has 112 valence electrons. The van der Waals surface area contributed by atoms with Gasteiger partial charge in [0.2, 0.25) is 0 Å². The van der Waals surface area contributed by atoms with Crippen LogP contribution in [0.25, 0.3) is 0 Å². The molecule has 0 radical (unpaired) electrons. The van der Waals surface area contributed by atoms with Crippen LogP contribution in [0.15, 0.2) is 11.0 Å². The molecule has 2 unspecified atom stereocenters. The van der Waals surface area contributed by atoms with Crippen molar-refractivity contribution in [2.24, 2.45) is 18.9 Å². The van der Waals surface area contributed by atoms with E-state index in [-0.39, 0.29) is 16.6 Å². The number of hydrogen-bond acceptors (Lipinski definition) is 3. The lowest BCUT2D eigenvalue weighted by molar-refractivity contribution is 0.246. The first-order chi connectivity index (χ1) is 9.50. The lowest BCUT2D eigenvalue weighted by Gasteiger charge is -2.32. The monoisotopic (exact) mass is 297 g/mol. The second-order valence-electron chi connectivity index (χ2n) is 5.99. The quantitative estimate of drug-likeness (QED) is 0.926. The zero-order chi connectivity index (χ0) is 14.7. The lowest BCUT2D eigenvalue weighted by Crippen LogP contribution is -2.32. The minimum Gasteiger partial charge on any atom is -0.380 e. The van der Waals surface area contributed by atoms with Crippen molar-refractivity contribution < 1.29 is 0 Å². The predicted molar refractivity (Wildman–Crippen MR) is 83.3 cm³/mol. The Balaban J connectivity index is 2.05. The maximum Gasteiger partial charge on any atom is 0.287 e. The fraction of sp³-hybridized carbons (Fsp3) is 0.733. The van der Waals surface area contributed by atoms with Gasteiger partial charge in [-0.25, -0.2) is 4.68 Å². The van der Waals surface area contributed by atoms with Gasteiger partial charge in [-0.2, -0.15) is 5.10 Å². The molecule has 1 saturated carbocycles. The fourth-order valence-electron chi connectivity index (χ4n) is 3.06. The number of aromatic nitrogens is 2. The highest BCUT2D eigenvalue weighted by molar-refractivity contribution is 6.32. The first-order valence-electron chi connectivity index (χ1n) is 7.49.